The number of hydrogen-bond donors (Lipinski definition) is 1. The average molecular weight is 267 g/mol. The molecule has 1 N–H and O–H groups in total. The Kier molecular flexibility index (Phi) is 5.27. The zero-order valence-corrected chi connectivity index (χ0v) is 13.4. The predicted molar refractivity (Wildman–Crippen MR) is 82.6 cm³/mol. The lowest BCUT2D eigenvalue weighted by Crippen LogP contribution is -2.56. The largest absolute Gasteiger partial charge is 0.314 e. The van der Waals surface area contributed by atoms with Gasteiger partial charge in [0.15, 0.2) is 0 Å². The van der Waals surface area contributed by atoms with Crippen LogP contribution in [0.25, 0.3) is 0 Å². The molecule has 0 aliphatic carbocycles. The van der Waals surface area contributed by atoms with E-state index in [1.807, 2.05) is 0 Å². The molecule has 0 radical (unpaired) electrons. The first-order chi connectivity index (χ1) is 8.96. The van der Waals surface area contributed by atoms with Gasteiger partial charge in [-0.3, -0.25) is 9.80 Å². The fourth-order valence-electron chi connectivity index (χ4n) is 3.51. The molecule has 0 aromatic carbocycles. The summed E-state index contributed by atoms with van der Waals surface area (Å²) in [6.45, 7) is 16.8. The highest BCUT2D eigenvalue weighted by molar-refractivity contribution is 4.87. The molecule has 3 nitrogen and oxygen atoms in total. The van der Waals surface area contributed by atoms with Crippen LogP contribution in [-0.4, -0.2) is 61.2 Å². The monoisotopic (exact) mass is 267 g/mol. The van der Waals surface area contributed by atoms with Crippen LogP contribution in [0.2, 0.25) is 0 Å². The number of piperidine rings is 1. The van der Waals surface area contributed by atoms with Crippen LogP contribution in [0, 0.1) is 5.41 Å². The predicted octanol–water partition coefficient (Wildman–Crippen LogP) is 2.18. The molecule has 2 aliphatic rings. The molecule has 0 aromatic heterocycles. The Morgan fingerprint density at radius 3 is 2.68 bits per heavy atom. The molecule has 1 unspecified atom stereocenters. The van der Waals surface area contributed by atoms with E-state index < -0.39 is 0 Å². The third-order valence-corrected chi connectivity index (χ3v) is 4.56. The SMILES string of the molecule is CC(C)NCC(C)(C)CN1CCN2CCCCC2C1. The lowest BCUT2D eigenvalue weighted by molar-refractivity contribution is 0.0313. The van der Waals surface area contributed by atoms with Gasteiger partial charge in [0.2, 0.25) is 0 Å². The first kappa shape index (κ1) is 15.3. The van der Waals surface area contributed by atoms with Crippen LogP contribution >= 0.6 is 0 Å². The van der Waals surface area contributed by atoms with Gasteiger partial charge in [0.25, 0.3) is 0 Å². The highest BCUT2D eigenvalue weighted by Crippen LogP contribution is 2.24. The summed E-state index contributed by atoms with van der Waals surface area (Å²) in [6, 6.07) is 1.44. The summed E-state index contributed by atoms with van der Waals surface area (Å²) in [7, 11) is 0. The van der Waals surface area contributed by atoms with E-state index in [0.29, 0.717) is 11.5 Å². The Morgan fingerprint density at radius 2 is 1.95 bits per heavy atom. The van der Waals surface area contributed by atoms with Gasteiger partial charge in [0.05, 0.1) is 0 Å². The number of nitrogens with zero attached hydrogens (tertiary/aromatic N) is 2. The summed E-state index contributed by atoms with van der Waals surface area (Å²) in [6.07, 6.45) is 4.27. The molecule has 3 heteroatoms. The molecule has 2 saturated heterocycles. The molecule has 0 bridgehead atoms. The summed E-state index contributed by atoms with van der Waals surface area (Å²) >= 11 is 0. The van der Waals surface area contributed by atoms with Crippen LogP contribution in [0.4, 0.5) is 0 Å². The Labute approximate surface area is 119 Å². The smallest absolute Gasteiger partial charge is 0.0223 e. The highest BCUT2D eigenvalue weighted by Gasteiger charge is 2.31. The molecular weight excluding hydrogens is 234 g/mol. The molecule has 2 fully saturated rings. The number of hydrogen-bond acceptors (Lipinski definition) is 3. The van der Waals surface area contributed by atoms with Gasteiger partial charge in [-0.1, -0.05) is 34.1 Å². The fourth-order valence-corrected chi connectivity index (χ4v) is 3.51. The van der Waals surface area contributed by atoms with E-state index in [4.69, 9.17) is 0 Å². The van der Waals surface area contributed by atoms with E-state index in [1.165, 1.54) is 52.0 Å². The maximum absolute atomic E-state index is 3.59. The number of rotatable bonds is 5. The quantitative estimate of drug-likeness (QED) is 0.824. The number of nitrogens with one attached hydrogen (secondary N) is 1. The summed E-state index contributed by atoms with van der Waals surface area (Å²) in [5, 5.41) is 3.59. The highest BCUT2D eigenvalue weighted by atomic mass is 15.3. The molecule has 0 aromatic rings. The Morgan fingerprint density at radius 1 is 1.16 bits per heavy atom. The van der Waals surface area contributed by atoms with Crippen molar-refractivity contribution in [1.29, 1.82) is 0 Å². The second-order valence-corrected chi connectivity index (χ2v) is 7.62. The summed E-state index contributed by atoms with van der Waals surface area (Å²) < 4.78 is 0. The standard InChI is InChI=1S/C16H33N3/c1-14(2)17-12-16(3,4)13-18-9-10-19-8-6-5-7-15(19)11-18/h14-15,17H,5-13H2,1-4H3. The molecule has 0 amide bonds. The Bertz CT molecular complexity index is 275. The second-order valence-electron chi connectivity index (χ2n) is 7.62. The lowest BCUT2D eigenvalue weighted by Gasteiger charge is -2.46. The van der Waals surface area contributed by atoms with Gasteiger partial charge in [-0.25, -0.2) is 0 Å². The Balaban J connectivity index is 1.79. The Hall–Kier alpha value is -0.120. The molecule has 2 rings (SSSR count). The average Bonchev–Trinajstić information content (AvgIpc) is 2.36. The molecule has 0 saturated carbocycles. The third kappa shape index (κ3) is 4.73. The van der Waals surface area contributed by atoms with Crippen molar-refractivity contribution < 1.29 is 0 Å². The van der Waals surface area contributed by atoms with Gasteiger partial charge in [0.1, 0.15) is 0 Å². The van der Waals surface area contributed by atoms with Crippen LogP contribution in [0.5, 0.6) is 0 Å². The van der Waals surface area contributed by atoms with E-state index in [1.54, 1.807) is 0 Å². The van der Waals surface area contributed by atoms with Crippen molar-refractivity contribution in [3.63, 3.8) is 0 Å². The van der Waals surface area contributed by atoms with Gasteiger partial charge in [-0.2, -0.15) is 0 Å². The van der Waals surface area contributed by atoms with Crippen LogP contribution < -0.4 is 5.32 Å². The molecule has 0 spiro atoms. The fraction of sp³-hybridized carbons (Fsp3) is 1.00. The summed E-state index contributed by atoms with van der Waals surface area (Å²) in [5.41, 5.74) is 0.376. The van der Waals surface area contributed by atoms with Crippen molar-refractivity contribution in [2.75, 3.05) is 39.3 Å². The lowest BCUT2D eigenvalue weighted by atomic mass is 9.91. The van der Waals surface area contributed by atoms with Gasteiger partial charge in [-0.15, -0.1) is 0 Å². The minimum atomic E-state index is 0.376. The molecule has 112 valence electrons. The van der Waals surface area contributed by atoms with Gasteiger partial charge in [0, 0.05) is 44.8 Å². The van der Waals surface area contributed by atoms with E-state index >= 15 is 0 Å². The van der Waals surface area contributed by atoms with Crippen molar-refractivity contribution in [3.05, 3.63) is 0 Å². The zero-order chi connectivity index (χ0) is 13.9. The molecular formula is C16H33N3. The van der Waals surface area contributed by atoms with E-state index in [2.05, 4.69) is 42.8 Å². The minimum Gasteiger partial charge on any atom is -0.314 e. The van der Waals surface area contributed by atoms with Crippen molar-refractivity contribution in [2.45, 2.75) is 59.0 Å². The van der Waals surface area contributed by atoms with Gasteiger partial charge in [-0.05, 0) is 24.8 Å². The van der Waals surface area contributed by atoms with Gasteiger partial charge >= 0.3 is 0 Å². The van der Waals surface area contributed by atoms with Crippen LogP contribution in [0.15, 0.2) is 0 Å². The second kappa shape index (κ2) is 6.55. The maximum Gasteiger partial charge on any atom is 0.0223 e. The van der Waals surface area contributed by atoms with Crippen LogP contribution in [0.1, 0.15) is 47.0 Å². The first-order valence-corrected chi connectivity index (χ1v) is 8.16. The van der Waals surface area contributed by atoms with Crippen molar-refractivity contribution in [1.82, 2.24) is 15.1 Å². The zero-order valence-electron chi connectivity index (χ0n) is 13.4. The van der Waals surface area contributed by atoms with E-state index in [9.17, 15) is 0 Å². The molecule has 2 aliphatic heterocycles. The maximum atomic E-state index is 3.59. The molecule has 2 heterocycles. The molecule has 19 heavy (non-hydrogen) atoms. The number of fused-ring (bicyclic) bond motifs is 1. The van der Waals surface area contributed by atoms with Crippen LogP contribution in [0.3, 0.4) is 0 Å². The number of piperazine rings is 1. The topological polar surface area (TPSA) is 18.5 Å². The normalized spacial score (nSPS) is 26.7. The van der Waals surface area contributed by atoms with Crippen LogP contribution in [-0.2, 0) is 0 Å². The summed E-state index contributed by atoms with van der Waals surface area (Å²) in [5.74, 6) is 0. The van der Waals surface area contributed by atoms with Crippen molar-refractivity contribution >= 4 is 0 Å². The minimum absolute atomic E-state index is 0.376. The van der Waals surface area contributed by atoms with Gasteiger partial charge < -0.3 is 5.32 Å². The third-order valence-electron chi connectivity index (χ3n) is 4.56. The summed E-state index contributed by atoms with van der Waals surface area (Å²) in [4.78, 5) is 5.42. The van der Waals surface area contributed by atoms with E-state index in [-0.39, 0.29) is 0 Å². The molecule has 1 atom stereocenters. The van der Waals surface area contributed by atoms with Crippen molar-refractivity contribution in [2.24, 2.45) is 5.41 Å². The first-order valence-electron chi connectivity index (χ1n) is 8.16. The van der Waals surface area contributed by atoms with E-state index in [0.717, 1.165) is 12.6 Å². The van der Waals surface area contributed by atoms with Crippen molar-refractivity contribution in [3.8, 4) is 0 Å².